The summed E-state index contributed by atoms with van der Waals surface area (Å²) in [6.07, 6.45) is 10.2. The van der Waals surface area contributed by atoms with Gasteiger partial charge < -0.3 is 4.90 Å². The fraction of sp³-hybridized carbons (Fsp3) is 0.372. The van der Waals surface area contributed by atoms with Crippen LogP contribution in [0.3, 0.4) is 0 Å². The summed E-state index contributed by atoms with van der Waals surface area (Å²) in [7, 11) is 0. The second kappa shape index (κ2) is 13.2. The largest absolute Gasteiger partial charge is 0.338 e. The lowest BCUT2D eigenvalue weighted by molar-refractivity contribution is -0.134. The Morgan fingerprint density at radius 3 is 2.07 bits per heavy atom. The van der Waals surface area contributed by atoms with E-state index >= 15 is 0 Å². The Morgan fingerprint density at radius 2 is 1.44 bits per heavy atom. The molecule has 0 spiro atoms. The van der Waals surface area contributed by atoms with Crippen molar-refractivity contribution in [1.82, 2.24) is 4.90 Å². The van der Waals surface area contributed by atoms with Crippen LogP contribution < -0.4 is 0 Å². The first-order chi connectivity index (χ1) is 21.8. The Hall–Kier alpha value is -3.91. The van der Waals surface area contributed by atoms with Crippen LogP contribution in [0, 0.1) is 11.3 Å². The van der Waals surface area contributed by atoms with Gasteiger partial charge in [0.05, 0.1) is 5.92 Å². The van der Waals surface area contributed by atoms with Gasteiger partial charge >= 0.3 is 0 Å². The first-order valence-corrected chi connectivity index (χ1v) is 17.0. The Morgan fingerprint density at radius 1 is 0.822 bits per heavy atom. The van der Waals surface area contributed by atoms with E-state index in [2.05, 4.69) is 136 Å². The van der Waals surface area contributed by atoms with E-state index in [9.17, 15) is 4.79 Å². The summed E-state index contributed by atoms with van der Waals surface area (Å²) in [6, 6.07) is 38.4. The zero-order valence-corrected chi connectivity index (χ0v) is 27.6. The van der Waals surface area contributed by atoms with Gasteiger partial charge in [-0.25, -0.2) is 0 Å². The molecule has 3 atom stereocenters. The highest BCUT2D eigenvalue weighted by Gasteiger charge is 2.52. The number of aryl methyl sites for hydroxylation is 1. The second-order valence-corrected chi connectivity index (χ2v) is 14.4. The van der Waals surface area contributed by atoms with Crippen molar-refractivity contribution in [2.75, 3.05) is 13.1 Å². The van der Waals surface area contributed by atoms with Gasteiger partial charge in [0.15, 0.2) is 0 Å². The fourth-order valence-corrected chi connectivity index (χ4v) is 8.69. The van der Waals surface area contributed by atoms with E-state index in [0.717, 1.165) is 36.1 Å². The molecular formula is C43H49NO. The third-order valence-electron chi connectivity index (χ3n) is 11.0. The predicted molar refractivity (Wildman–Crippen MR) is 188 cm³/mol. The van der Waals surface area contributed by atoms with Gasteiger partial charge in [0, 0.05) is 13.1 Å². The molecule has 2 heteroatoms. The van der Waals surface area contributed by atoms with E-state index in [-0.39, 0.29) is 22.7 Å². The van der Waals surface area contributed by atoms with Gasteiger partial charge in [-0.1, -0.05) is 155 Å². The van der Waals surface area contributed by atoms with Crippen LogP contribution in [-0.4, -0.2) is 23.9 Å². The van der Waals surface area contributed by atoms with Crippen LogP contribution in [0.2, 0.25) is 0 Å². The molecule has 6 rings (SSSR count). The number of benzene rings is 4. The predicted octanol–water partition coefficient (Wildman–Crippen LogP) is 10.2. The highest BCUT2D eigenvalue weighted by atomic mass is 16.2. The molecular weight excluding hydrogens is 546 g/mol. The van der Waals surface area contributed by atoms with Crippen molar-refractivity contribution in [3.05, 3.63) is 149 Å². The number of amides is 1. The molecule has 0 radical (unpaired) electrons. The van der Waals surface area contributed by atoms with E-state index in [0.29, 0.717) is 18.4 Å². The molecule has 2 aliphatic carbocycles. The minimum absolute atomic E-state index is 0.0234. The lowest BCUT2D eigenvalue weighted by Gasteiger charge is -2.56. The Kier molecular flexibility index (Phi) is 9.13. The summed E-state index contributed by atoms with van der Waals surface area (Å²) in [6.45, 7) is 11.0. The van der Waals surface area contributed by atoms with E-state index < -0.39 is 0 Å². The quantitative estimate of drug-likeness (QED) is 0.189. The number of hydrogen-bond donors (Lipinski definition) is 0. The topological polar surface area (TPSA) is 20.3 Å². The third kappa shape index (κ3) is 6.43. The van der Waals surface area contributed by atoms with Gasteiger partial charge in [-0.15, -0.1) is 0 Å². The fourth-order valence-electron chi connectivity index (χ4n) is 8.69. The summed E-state index contributed by atoms with van der Waals surface area (Å²) < 4.78 is 0. The molecule has 3 unspecified atom stereocenters. The molecule has 1 saturated carbocycles. The summed E-state index contributed by atoms with van der Waals surface area (Å²) >= 11 is 0. The second-order valence-electron chi connectivity index (χ2n) is 14.4. The Bertz CT molecular complexity index is 1570. The lowest BCUT2D eigenvalue weighted by Crippen LogP contribution is -2.54. The van der Waals surface area contributed by atoms with Crippen LogP contribution in [0.25, 0.3) is 6.08 Å². The van der Waals surface area contributed by atoms with Crippen LogP contribution in [0.5, 0.6) is 0 Å². The molecule has 4 aromatic carbocycles. The third-order valence-corrected chi connectivity index (χ3v) is 11.0. The maximum atomic E-state index is 14.9. The zero-order valence-electron chi connectivity index (χ0n) is 27.6. The van der Waals surface area contributed by atoms with Crippen molar-refractivity contribution in [2.24, 2.45) is 11.3 Å². The number of carbonyl (C=O) groups is 1. The van der Waals surface area contributed by atoms with Gasteiger partial charge in [0.2, 0.25) is 5.91 Å². The Balaban J connectivity index is 1.36. The minimum Gasteiger partial charge on any atom is -0.338 e. The number of nitrogens with zero attached hydrogens (tertiary/aromatic N) is 1. The standard InChI is InChI=1S/C43H49NO/c1-32(2)36-23-25-38-37(30-36)24-26-39-42(3,27-15-28-43(38,39)4)31-44(29-14-18-33-16-8-5-9-17-33)41(45)40(34-19-10-6-11-20-34)35-21-12-7-13-22-35/h5-14,16-23,25,30,32,39-40H,15,24,26-29,31H2,1-4H3/b18-14-. The van der Waals surface area contributed by atoms with Gasteiger partial charge in [0.25, 0.3) is 0 Å². The number of hydrogen-bond acceptors (Lipinski definition) is 1. The molecule has 0 aromatic heterocycles. The van der Waals surface area contributed by atoms with Crippen molar-refractivity contribution in [2.45, 2.75) is 77.0 Å². The number of rotatable bonds is 9. The minimum atomic E-state index is -0.336. The van der Waals surface area contributed by atoms with Crippen molar-refractivity contribution in [3.63, 3.8) is 0 Å². The van der Waals surface area contributed by atoms with Crippen LogP contribution in [0.15, 0.2) is 115 Å². The van der Waals surface area contributed by atoms with Gasteiger partial charge in [-0.2, -0.15) is 0 Å². The average Bonchev–Trinajstić information content (AvgIpc) is 3.05. The molecule has 1 fully saturated rings. The van der Waals surface area contributed by atoms with Crippen molar-refractivity contribution in [1.29, 1.82) is 0 Å². The molecule has 1 amide bonds. The smallest absolute Gasteiger partial charge is 0.234 e. The van der Waals surface area contributed by atoms with Crippen LogP contribution in [0.1, 0.15) is 98.6 Å². The van der Waals surface area contributed by atoms with Crippen LogP contribution >= 0.6 is 0 Å². The Labute approximate surface area is 271 Å². The SMILES string of the molecule is CC(C)c1ccc2c(c1)CCC1C(C)(CN(C/C=C\c3ccccc3)C(=O)C(c3ccccc3)c3ccccc3)CCCC21C. The average molecular weight is 596 g/mol. The van der Waals surface area contributed by atoms with E-state index in [1.54, 1.807) is 11.1 Å². The molecule has 0 bridgehead atoms. The van der Waals surface area contributed by atoms with Crippen molar-refractivity contribution >= 4 is 12.0 Å². The highest BCUT2D eigenvalue weighted by Crippen LogP contribution is 2.57. The van der Waals surface area contributed by atoms with Crippen LogP contribution in [-0.2, 0) is 16.6 Å². The molecule has 0 saturated heterocycles. The normalized spacial score (nSPS) is 22.8. The molecule has 232 valence electrons. The summed E-state index contributed by atoms with van der Waals surface area (Å²) in [5.41, 5.74) is 7.98. The molecule has 45 heavy (non-hydrogen) atoms. The summed E-state index contributed by atoms with van der Waals surface area (Å²) in [5.74, 6) is 0.925. The molecule has 4 aromatic rings. The van der Waals surface area contributed by atoms with Gasteiger partial charge in [-0.05, 0) is 81.7 Å². The first kappa shape index (κ1) is 31.1. The monoisotopic (exact) mass is 595 g/mol. The maximum Gasteiger partial charge on any atom is 0.234 e. The molecule has 0 aliphatic heterocycles. The molecule has 2 nitrogen and oxygen atoms in total. The molecule has 0 heterocycles. The van der Waals surface area contributed by atoms with Crippen molar-refractivity contribution in [3.8, 4) is 0 Å². The van der Waals surface area contributed by atoms with Gasteiger partial charge in [-0.3, -0.25) is 4.79 Å². The zero-order chi connectivity index (χ0) is 31.4. The lowest BCUT2D eigenvalue weighted by atomic mass is 9.49. The van der Waals surface area contributed by atoms with E-state index in [1.165, 1.54) is 24.8 Å². The highest BCUT2D eigenvalue weighted by molar-refractivity contribution is 5.87. The molecule has 2 aliphatic rings. The first-order valence-electron chi connectivity index (χ1n) is 17.0. The van der Waals surface area contributed by atoms with Gasteiger partial charge in [0.1, 0.15) is 0 Å². The van der Waals surface area contributed by atoms with Crippen molar-refractivity contribution < 1.29 is 4.79 Å². The number of carbonyl (C=O) groups excluding carboxylic acids is 1. The summed E-state index contributed by atoms with van der Waals surface area (Å²) in [5, 5.41) is 0. The van der Waals surface area contributed by atoms with E-state index in [4.69, 9.17) is 0 Å². The van der Waals surface area contributed by atoms with Crippen LogP contribution in [0.4, 0.5) is 0 Å². The van der Waals surface area contributed by atoms with E-state index in [1.807, 2.05) is 18.2 Å². The molecule has 0 N–H and O–H groups in total. The maximum absolute atomic E-state index is 14.9. The summed E-state index contributed by atoms with van der Waals surface area (Å²) in [4.78, 5) is 17.1. The number of fused-ring (bicyclic) bond motifs is 3.